The largest absolute Gasteiger partial charge is 0.390 e. The summed E-state index contributed by atoms with van der Waals surface area (Å²) in [4.78, 5) is 0. The van der Waals surface area contributed by atoms with Crippen LogP contribution in [0.15, 0.2) is 12.1 Å². The van der Waals surface area contributed by atoms with Gasteiger partial charge in [-0.2, -0.15) is 0 Å². The van der Waals surface area contributed by atoms with Crippen molar-refractivity contribution in [3.8, 4) is 0 Å². The molecule has 2 rings (SSSR count). The van der Waals surface area contributed by atoms with Crippen molar-refractivity contribution >= 4 is 0 Å². The highest BCUT2D eigenvalue weighted by molar-refractivity contribution is 5.38. The molecule has 0 saturated heterocycles. The van der Waals surface area contributed by atoms with Gasteiger partial charge in [-0.1, -0.05) is 17.7 Å². The van der Waals surface area contributed by atoms with Crippen molar-refractivity contribution in [2.45, 2.75) is 58.2 Å². The molecule has 0 heterocycles. The van der Waals surface area contributed by atoms with Gasteiger partial charge in [-0.3, -0.25) is 0 Å². The fourth-order valence-corrected chi connectivity index (χ4v) is 3.11. The summed E-state index contributed by atoms with van der Waals surface area (Å²) in [6.07, 6.45) is 3.43. The van der Waals surface area contributed by atoms with Gasteiger partial charge in [0.25, 0.3) is 0 Å². The summed E-state index contributed by atoms with van der Waals surface area (Å²) in [7, 11) is 1.72. The van der Waals surface area contributed by atoms with Gasteiger partial charge in [0.1, 0.15) is 0 Å². The average Bonchev–Trinajstić information content (AvgIpc) is 2.22. The molecular formula is C16H24O2. The van der Waals surface area contributed by atoms with Gasteiger partial charge >= 0.3 is 0 Å². The molecule has 1 aromatic carbocycles. The number of hydrogen-bond donors (Lipinski definition) is 1. The van der Waals surface area contributed by atoms with Crippen LogP contribution in [0.25, 0.3) is 0 Å². The van der Waals surface area contributed by atoms with Crippen LogP contribution in [-0.4, -0.2) is 23.9 Å². The van der Waals surface area contributed by atoms with Gasteiger partial charge in [0, 0.05) is 13.5 Å². The molecule has 1 atom stereocenters. The lowest BCUT2D eigenvalue weighted by Crippen LogP contribution is -2.51. The fraction of sp³-hybridized carbons (Fsp3) is 0.625. The quantitative estimate of drug-likeness (QED) is 0.887. The van der Waals surface area contributed by atoms with E-state index >= 15 is 0 Å². The number of aliphatic hydroxyl groups excluding tert-OH is 1. The van der Waals surface area contributed by atoms with Crippen LogP contribution >= 0.6 is 0 Å². The number of ether oxygens (including phenoxy) is 1. The first kappa shape index (κ1) is 13.6. The standard InChI is InChI=1S/C16H24O2/c1-11-8-12(2)14(13(3)9-11)10-15(17)16(18-4)6-5-7-16/h8-9,15,17H,5-7,10H2,1-4H3. The maximum absolute atomic E-state index is 10.5. The van der Waals surface area contributed by atoms with E-state index in [9.17, 15) is 5.11 Å². The molecule has 1 unspecified atom stereocenters. The molecule has 0 spiro atoms. The van der Waals surface area contributed by atoms with Crippen molar-refractivity contribution in [1.29, 1.82) is 0 Å². The zero-order valence-corrected chi connectivity index (χ0v) is 11.9. The van der Waals surface area contributed by atoms with E-state index in [1.807, 2.05) is 0 Å². The Bertz CT molecular complexity index is 404. The van der Waals surface area contributed by atoms with E-state index in [-0.39, 0.29) is 5.60 Å². The molecule has 18 heavy (non-hydrogen) atoms. The zero-order chi connectivity index (χ0) is 13.3. The summed E-state index contributed by atoms with van der Waals surface area (Å²) in [5, 5.41) is 10.5. The molecule has 2 nitrogen and oxygen atoms in total. The van der Waals surface area contributed by atoms with Crippen molar-refractivity contribution in [3.63, 3.8) is 0 Å². The third-order valence-electron chi connectivity index (χ3n) is 4.45. The maximum Gasteiger partial charge on any atom is 0.0939 e. The predicted octanol–water partition coefficient (Wildman–Crippen LogP) is 3.08. The van der Waals surface area contributed by atoms with Crippen molar-refractivity contribution < 1.29 is 9.84 Å². The van der Waals surface area contributed by atoms with Crippen LogP contribution in [0.1, 0.15) is 41.5 Å². The highest BCUT2D eigenvalue weighted by Crippen LogP contribution is 2.39. The predicted molar refractivity (Wildman–Crippen MR) is 74.0 cm³/mol. The molecule has 1 aliphatic carbocycles. The van der Waals surface area contributed by atoms with Crippen molar-refractivity contribution in [2.24, 2.45) is 0 Å². The number of aryl methyl sites for hydroxylation is 3. The Kier molecular flexibility index (Phi) is 3.79. The number of aliphatic hydroxyl groups is 1. The second kappa shape index (κ2) is 5.02. The minimum absolute atomic E-state index is 0.288. The summed E-state index contributed by atoms with van der Waals surface area (Å²) in [6.45, 7) is 6.37. The number of methoxy groups -OCH3 is 1. The molecule has 1 aromatic rings. The molecule has 100 valence electrons. The van der Waals surface area contributed by atoms with Crippen LogP contribution in [-0.2, 0) is 11.2 Å². The topological polar surface area (TPSA) is 29.5 Å². The van der Waals surface area contributed by atoms with Gasteiger partial charge < -0.3 is 9.84 Å². The number of rotatable bonds is 4. The highest BCUT2D eigenvalue weighted by Gasteiger charge is 2.43. The molecule has 0 aliphatic heterocycles. The average molecular weight is 248 g/mol. The van der Waals surface area contributed by atoms with Gasteiger partial charge in [0.15, 0.2) is 0 Å². The lowest BCUT2D eigenvalue weighted by Gasteiger charge is -2.44. The third-order valence-corrected chi connectivity index (χ3v) is 4.45. The van der Waals surface area contributed by atoms with Crippen LogP contribution in [0.5, 0.6) is 0 Å². The van der Waals surface area contributed by atoms with Crippen molar-refractivity contribution in [2.75, 3.05) is 7.11 Å². The van der Waals surface area contributed by atoms with E-state index in [1.165, 1.54) is 22.3 Å². The summed E-state index contributed by atoms with van der Waals surface area (Å²) >= 11 is 0. The molecule has 1 aliphatic rings. The number of hydrogen-bond acceptors (Lipinski definition) is 2. The lowest BCUT2D eigenvalue weighted by atomic mass is 9.73. The Balaban J connectivity index is 2.19. The summed E-state index contributed by atoms with van der Waals surface area (Å²) in [5.41, 5.74) is 4.82. The van der Waals surface area contributed by atoms with Crippen LogP contribution in [0.4, 0.5) is 0 Å². The molecular weight excluding hydrogens is 224 g/mol. The first-order valence-corrected chi connectivity index (χ1v) is 6.78. The minimum atomic E-state index is -0.392. The summed E-state index contributed by atoms with van der Waals surface area (Å²) in [5.74, 6) is 0. The Hall–Kier alpha value is -0.860. The van der Waals surface area contributed by atoms with Gasteiger partial charge in [0.05, 0.1) is 11.7 Å². The van der Waals surface area contributed by atoms with E-state index in [4.69, 9.17) is 4.74 Å². The SMILES string of the molecule is COC1(C(O)Cc2c(C)cc(C)cc2C)CCC1. The summed E-state index contributed by atoms with van der Waals surface area (Å²) < 4.78 is 5.56. The van der Waals surface area contributed by atoms with E-state index in [1.54, 1.807) is 7.11 Å². The second-order valence-electron chi connectivity index (χ2n) is 5.72. The summed E-state index contributed by atoms with van der Waals surface area (Å²) in [6, 6.07) is 4.38. The molecule has 0 radical (unpaired) electrons. The molecule has 1 N–H and O–H groups in total. The monoisotopic (exact) mass is 248 g/mol. The molecule has 1 saturated carbocycles. The number of benzene rings is 1. The van der Waals surface area contributed by atoms with Gasteiger partial charge in [-0.05, 0) is 56.7 Å². The third kappa shape index (κ3) is 2.32. The van der Waals surface area contributed by atoms with E-state index in [0.29, 0.717) is 6.42 Å². The van der Waals surface area contributed by atoms with Crippen molar-refractivity contribution in [1.82, 2.24) is 0 Å². The van der Waals surface area contributed by atoms with Gasteiger partial charge in [-0.15, -0.1) is 0 Å². The van der Waals surface area contributed by atoms with Crippen molar-refractivity contribution in [3.05, 3.63) is 34.4 Å². The Morgan fingerprint density at radius 2 is 1.78 bits per heavy atom. The van der Waals surface area contributed by atoms with Crippen LogP contribution in [0.2, 0.25) is 0 Å². The Morgan fingerprint density at radius 1 is 1.22 bits per heavy atom. The minimum Gasteiger partial charge on any atom is -0.390 e. The molecule has 0 aromatic heterocycles. The lowest BCUT2D eigenvalue weighted by molar-refractivity contribution is -0.148. The Labute approximate surface area is 110 Å². The van der Waals surface area contributed by atoms with E-state index in [0.717, 1.165) is 19.3 Å². The Morgan fingerprint density at radius 3 is 2.17 bits per heavy atom. The second-order valence-corrected chi connectivity index (χ2v) is 5.72. The van der Waals surface area contributed by atoms with Crippen LogP contribution < -0.4 is 0 Å². The maximum atomic E-state index is 10.5. The van der Waals surface area contributed by atoms with Gasteiger partial charge in [-0.25, -0.2) is 0 Å². The van der Waals surface area contributed by atoms with Crippen LogP contribution in [0.3, 0.4) is 0 Å². The van der Waals surface area contributed by atoms with E-state index < -0.39 is 6.10 Å². The molecule has 1 fully saturated rings. The molecule has 0 amide bonds. The first-order valence-electron chi connectivity index (χ1n) is 6.78. The zero-order valence-electron chi connectivity index (χ0n) is 11.9. The van der Waals surface area contributed by atoms with E-state index in [2.05, 4.69) is 32.9 Å². The van der Waals surface area contributed by atoms with Crippen LogP contribution in [0, 0.1) is 20.8 Å². The smallest absolute Gasteiger partial charge is 0.0939 e. The highest BCUT2D eigenvalue weighted by atomic mass is 16.5. The molecule has 0 bridgehead atoms. The molecule has 2 heteroatoms. The first-order chi connectivity index (χ1) is 8.48. The normalized spacial score (nSPS) is 19.4. The van der Waals surface area contributed by atoms with Gasteiger partial charge in [0.2, 0.25) is 0 Å². The fourth-order valence-electron chi connectivity index (χ4n) is 3.11.